The second-order valence-corrected chi connectivity index (χ2v) is 9.43. The van der Waals surface area contributed by atoms with E-state index in [1.54, 1.807) is 0 Å². The molecule has 8 heteroatoms. The van der Waals surface area contributed by atoms with E-state index in [-0.39, 0.29) is 27.4 Å². The molecule has 0 spiro atoms. The van der Waals surface area contributed by atoms with Gasteiger partial charge in [0.2, 0.25) is 0 Å². The van der Waals surface area contributed by atoms with Crippen LogP contribution in [0.4, 0.5) is 0 Å². The van der Waals surface area contributed by atoms with Gasteiger partial charge < -0.3 is 14.8 Å². The third-order valence-electron chi connectivity index (χ3n) is 4.49. The summed E-state index contributed by atoms with van der Waals surface area (Å²) < 4.78 is 34.8. The lowest BCUT2D eigenvalue weighted by molar-refractivity contribution is 0.0925. The second kappa shape index (κ2) is 8.01. The van der Waals surface area contributed by atoms with E-state index in [1.165, 1.54) is 18.2 Å². The van der Waals surface area contributed by atoms with Gasteiger partial charge >= 0.3 is 0 Å². The van der Waals surface area contributed by atoms with Crippen molar-refractivity contribution >= 4 is 27.3 Å². The maximum atomic E-state index is 12.9. The van der Waals surface area contributed by atoms with E-state index in [9.17, 15) is 13.2 Å². The average Bonchev–Trinajstić information content (AvgIpc) is 2.64. The van der Waals surface area contributed by atoms with E-state index in [0.717, 1.165) is 11.8 Å². The number of carbonyl (C=O) groups is 1. The number of sulfone groups is 1. The molecule has 0 radical (unpaired) electrons. The van der Waals surface area contributed by atoms with E-state index >= 15 is 0 Å². The van der Waals surface area contributed by atoms with Crippen LogP contribution in [0.2, 0.25) is 5.02 Å². The third-order valence-corrected chi connectivity index (χ3v) is 5.93. The Morgan fingerprint density at radius 1 is 1.07 bits per heavy atom. The Morgan fingerprint density at radius 2 is 1.75 bits per heavy atom. The predicted octanol–water partition coefficient (Wildman–Crippen LogP) is 3.64. The Hall–Kier alpha value is -2.25. The minimum Gasteiger partial charge on any atom is -0.486 e. The van der Waals surface area contributed by atoms with Crippen molar-refractivity contribution in [3.05, 3.63) is 52.5 Å². The summed E-state index contributed by atoms with van der Waals surface area (Å²) in [6.45, 7) is 4.95. The summed E-state index contributed by atoms with van der Waals surface area (Å²) in [5, 5.41) is 3.15. The SMILES string of the molecule is CC(C)C(NC(=O)c1cc(S(C)(=O)=O)ccc1Cl)c1ccc2c(c1)OCCO2. The van der Waals surface area contributed by atoms with Gasteiger partial charge in [0.15, 0.2) is 21.3 Å². The largest absolute Gasteiger partial charge is 0.486 e. The number of rotatable bonds is 5. The molecule has 0 saturated heterocycles. The van der Waals surface area contributed by atoms with Crippen LogP contribution in [0.15, 0.2) is 41.3 Å². The van der Waals surface area contributed by atoms with Gasteiger partial charge in [-0.15, -0.1) is 0 Å². The molecule has 1 atom stereocenters. The topological polar surface area (TPSA) is 81.7 Å². The molecule has 0 fully saturated rings. The first-order valence-corrected chi connectivity index (χ1v) is 11.1. The third kappa shape index (κ3) is 4.42. The van der Waals surface area contributed by atoms with Gasteiger partial charge in [0.05, 0.1) is 21.5 Å². The Morgan fingerprint density at radius 3 is 2.39 bits per heavy atom. The van der Waals surface area contributed by atoms with Crippen molar-refractivity contribution in [2.75, 3.05) is 19.5 Å². The molecular formula is C20H22ClNO5S. The fourth-order valence-electron chi connectivity index (χ4n) is 3.02. The molecule has 0 aromatic heterocycles. The highest BCUT2D eigenvalue weighted by Gasteiger charge is 2.23. The van der Waals surface area contributed by atoms with Gasteiger partial charge in [-0.2, -0.15) is 0 Å². The quantitative estimate of drug-likeness (QED) is 0.793. The number of benzene rings is 2. The van der Waals surface area contributed by atoms with E-state index in [0.29, 0.717) is 24.7 Å². The van der Waals surface area contributed by atoms with Crippen LogP contribution < -0.4 is 14.8 Å². The molecule has 28 heavy (non-hydrogen) atoms. The molecular weight excluding hydrogens is 402 g/mol. The number of hydrogen-bond acceptors (Lipinski definition) is 5. The first kappa shape index (κ1) is 20.5. The lowest BCUT2D eigenvalue weighted by Crippen LogP contribution is -2.32. The molecule has 1 unspecified atom stereocenters. The molecule has 0 bridgehead atoms. The Labute approximate surface area is 169 Å². The number of amides is 1. The maximum absolute atomic E-state index is 12.9. The molecule has 3 rings (SSSR count). The second-order valence-electron chi connectivity index (χ2n) is 7.01. The van der Waals surface area contributed by atoms with Crippen LogP contribution in [0.25, 0.3) is 0 Å². The molecule has 6 nitrogen and oxygen atoms in total. The molecule has 1 N–H and O–H groups in total. The number of fused-ring (bicyclic) bond motifs is 1. The van der Waals surface area contributed by atoms with Crippen LogP contribution in [-0.2, 0) is 9.84 Å². The molecule has 2 aromatic carbocycles. The van der Waals surface area contributed by atoms with Crippen molar-refractivity contribution in [1.29, 1.82) is 0 Å². The van der Waals surface area contributed by atoms with Crippen LogP contribution >= 0.6 is 11.6 Å². The van der Waals surface area contributed by atoms with Gasteiger partial charge in [-0.1, -0.05) is 31.5 Å². The predicted molar refractivity (Wildman–Crippen MR) is 107 cm³/mol. The highest BCUT2D eigenvalue weighted by molar-refractivity contribution is 7.90. The van der Waals surface area contributed by atoms with Crippen molar-refractivity contribution in [3.63, 3.8) is 0 Å². The smallest absolute Gasteiger partial charge is 0.253 e. The van der Waals surface area contributed by atoms with Gasteiger partial charge in [-0.05, 0) is 41.8 Å². The molecule has 0 aliphatic carbocycles. The number of carbonyl (C=O) groups excluding carboxylic acids is 1. The van der Waals surface area contributed by atoms with Gasteiger partial charge in [-0.25, -0.2) is 8.42 Å². The summed E-state index contributed by atoms with van der Waals surface area (Å²) in [4.78, 5) is 12.9. The van der Waals surface area contributed by atoms with Crippen molar-refractivity contribution < 1.29 is 22.7 Å². The van der Waals surface area contributed by atoms with E-state index in [1.807, 2.05) is 32.0 Å². The Bertz CT molecular complexity index is 1000. The Balaban J connectivity index is 1.90. The van der Waals surface area contributed by atoms with Crippen LogP contribution in [0.3, 0.4) is 0 Å². The first-order valence-electron chi connectivity index (χ1n) is 8.87. The zero-order chi connectivity index (χ0) is 20.5. The van der Waals surface area contributed by atoms with Gasteiger partial charge in [0.25, 0.3) is 5.91 Å². The fraction of sp³-hybridized carbons (Fsp3) is 0.350. The minimum atomic E-state index is -3.45. The summed E-state index contributed by atoms with van der Waals surface area (Å²) in [6, 6.07) is 9.34. The lowest BCUT2D eigenvalue weighted by atomic mass is 9.95. The van der Waals surface area contributed by atoms with E-state index in [2.05, 4.69) is 5.32 Å². The molecule has 0 saturated carbocycles. The average molecular weight is 424 g/mol. The summed E-state index contributed by atoms with van der Waals surface area (Å²) in [5.41, 5.74) is 0.982. The Kier molecular flexibility index (Phi) is 5.86. The van der Waals surface area contributed by atoms with Crippen molar-refractivity contribution in [3.8, 4) is 11.5 Å². The van der Waals surface area contributed by atoms with Gasteiger partial charge in [0, 0.05) is 6.26 Å². The molecule has 150 valence electrons. The number of hydrogen-bond donors (Lipinski definition) is 1. The van der Waals surface area contributed by atoms with E-state index < -0.39 is 15.7 Å². The zero-order valence-corrected chi connectivity index (χ0v) is 17.4. The monoisotopic (exact) mass is 423 g/mol. The van der Waals surface area contributed by atoms with Gasteiger partial charge in [0.1, 0.15) is 13.2 Å². The van der Waals surface area contributed by atoms with Crippen LogP contribution in [0.5, 0.6) is 11.5 Å². The molecule has 1 aliphatic rings. The van der Waals surface area contributed by atoms with Crippen molar-refractivity contribution in [2.45, 2.75) is 24.8 Å². The van der Waals surface area contributed by atoms with Crippen LogP contribution in [-0.4, -0.2) is 33.8 Å². The van der Waals surface area contributed by atoms with Crippen LogP contribution in [0, 0.1) is 5.92 Å². The number of halogens is 1. The summed E-state index contributed by atoms with van der Waals surface area (Å²) in [6.07, 6.45) is 1.09. The maximum Gasteiger partial charge on any atom is 0.253 e. The first-order chi connectivity index (χ1) is 13.2. The minimum absolute atomic E-state index is 0.0440. The zero-order valence-electron chi connectivity index (χ0n) is 15.9. The normalized spacial score (nSPS) is 14.6. The highest BCUT2D eigenvalue weighted by Crippen LogP contribution is 2.34. The van der Waals surface area contributed by atoms with Crippen molar-refractivity contribution in [2.24, 2.45) is 5.92 Å². The summed E-state index contributed by atoms with van der Waals surface area (Å²) >= 11 is 6.15. The molecule has 1 heterocycles. The molecule has 1 amide bonds. The van der Waals surface area contributed by atoms with Gasteiger partial charge in [-0.3, -0.25) is 4.79 Å². The fourth-order valence-corrected chi connectivity index (χ4v) is 3.87. The molecule has 1 aliphatic heterocycles. The van der Waals surface area contributed by atoms with Crippen LogP contribution in [0.1, 0.15) is 35.8 Å². The van der Waals surface area contributed by atoms with E-state index in [4.69, 9.17) is 21.1 Å². The standard InChI is InChI=1S/C20H22ClNO5S/c1-12(2)19(13-4-7-17-18(10-13)27-9-8-26-17)22-20(23)15-11-14(28(3,24)25)5-6-16(15)21/h4-7,10-12,19H,8-9H2,1-3H3,(H,22,23). The summed E-state index contributed by atoms with van der Waals surface area (Å²) in [5.74, 6) is 0.945. The highest BCUT2D eigenvalue weighted by atomic mass is 35.5. The number of nitrogens with one attached hydrogen (secondary N) is 1. The summed E-state index contributed by atoms with van der Waals surface area (Å²) in [7, 11) is -3.45. The molecule has 2 aromatic rings. The number of ether oxygens (including phenoxy) is 2. The lowest BCUT2D eigenvalue weighted by Gasteiger charge is -2.25. The van der Waals surface area contributed by atoms with Crippen molar-refractivity contribution in [1.82, 2.24) is 5.32 Å².